The van der Waals surface area contributed by atoms with Gasteiger partial charge in [-0.1, -0.05) is 65.2 Å². The third-order valence-corrected chi connectivity index (χ3v) is 3.54. The average Bonchev–Trinajstić information content (AvgIpc) is 3.31. The molecule has 0 aromatic heterocycles. The first kappa shape index (κ1) is 17.0. The minimum absolute atomic E-state index is 0. The molecule has 4 rings (SSSR count). The number of benzene rings is 2. The Labute approximate surface area is 148 Å². The van der Waals surface area contributed by atoms with Gasteiger partial charge in [0.15, 0.2) is 0 Å². The van der Waals surface area contributed by atoms with Gasteiger partial charge in [0, 0.05) is 16.8 Å². The quantitative estimate of drug-likeness (QED) is 0.384. The fourth-order valence-corrected chi connectivity index (χ4v) is 2.48. The van der Waals surface area contributed by atoms with Crippen LogP contribution in [0.3, 0.4) is 0 Å². The second-order valence-electron chi connectivity index (χ2n) is 5.05. The van der Waals surface area contributed by atoms with Crippen molar-refractivity contribution in [3.05, 3.63) is 109 Å². The van der Waals surface area contributed by atoms with Crippen molar-refractivity contribution in [1.29, 1.82) is 0 Å². The van der Waals surface area contributed by atoms with E-state index in [1.807, 2.05) is 30.3 Å². The van der Waals surface area contributed by atoms with Gasteiger partial charge in [-0.2, -0.15) is 18.2 Å². The summed E-state index contributed by atoms with van der Waals surface area (Å²) in [5.41, 5.74) is 5.15. The molecule has 0 nitrogen and oxygen atoms in total. The van der Waals surface area contributed by atoms with E-state index in [2.05, 4.69) is 78.9 Å². The summed E-state index contributed by atoms with van der Waals surface area (Å²) >= 11 is 0. The predicted molar refractivity (Wildman–Crippen MR) is 94.9 cm³/mol. The Kier molecular flexibility index (Phi) is 6.61. The summed E-state index contributed by atoms with van der Waals surface area (Å²) in [5.74, 6) is 0. The Balaban J connectivity index is 0.000000276. The fourth-order valence-electron chi connectivity index (χ4n) is 2.48. The minimum atomic E-state index is 0. The molecule has 0 spiro atoms. The molecule has 0 aliphatic rings. The monoisotopic (exact) mass is 341 g/mol. The van der Waals surface area contributed by atoms with Gasteiger partial charge in [0.25, 0.3) is 0 Å². The molecule has 117 valence electrons. The van der Waals surface area contributed by atoms with Crippen LogP contribution in [0.15, 0.2) is 109 Å². The Morgan fingerprint density at radius 1 is 0.609 bits per heavy atom. The predicted octanol–water partition coefficient (Wildman–Crippen LogP) is 6.14. The van der Waals surface area contributed by atoms with Crippen molar-refractivity contribution in [3.8, 4) is 22.3 Å². The summed E-state index contributed by atoms with van der Waals surface area (Å²) in [5, 5.41) is 0. The zero-order valence-corrected chi connectivity index (χ0v) is 13.8. The smallest absolute Gasteiger partial charge is 0 e. The molecule has 0 aliphatic carbocycles. The molecule has 0 fully saturated rings. The summed E-state index contributed by atoms with van der Waals surface area (Å²) in [4.78, 5) is 0. The van der Waals surface area contributed by atoms with Gasteiger partial charge in [0.2, 0.25) is 0 Å². The van der Waals surface area contributed by atoms with Crippen molar-refractivity contribution in [2.75, 3.05) is 0 Å². The largest absolute Gasteiger partial charge is 0.214 e. The van der Waals surface area contributed by atoms with Crippen LogP contribution in [0.25, 0.3) is 22.3 Å². The van der Waals surface area contributed by atoms with Gasteiger partial charge in [-0.15, -0.1) is 35.9 Å². The maximum absolute atomic E-state index is 2.18. The Morgan fingerprint density at radius 3 is 1.78 bits per heavy atom. The molecule has 1 heteroatoms. The molecule has 4 aromatic carbocycles. The van der Waals surface area contributed by atoms with Crippen LogP contribution in [0.5, 0.6) is 0 Å². The molecule has 0 aliphatic heterocycles. The first-order valence-electron chi connectivity index (χ1n) is 7.48. The molecule has 23 heavy (non-hydrogen) atoms. The van der Waals surface area contributed by atoms with Crippen LogP contribution < -0.4 is 0 Å². The van der Waals surface area contributed by atoms with Gasteiger partial charge in [-0.25, -0.2) is 12.1 Å². The zero-order chi connectivity index (χ0) is 15.0. The van der Waals surface area contributed by atoms with E-state index in [1.165, 1.54) is 22.3 Å². The summed E-state index contributed by atoms with van der Waals surface area (Å²) in [6.45, 7) is 0. The summed E-state index contributed by atoms with van der Waals surface area (Å²) in [6.07, 6.45) is 0. The van der Waals surface area contributed by atoms with Crippen molar-refractivity contribution < 1.29 is 16.8 Å². The van der Waals surface area contributed by atoms with Crippen LogP contribution in [0.1, 0.15) is 0 Å². The van der Waals surface area contributed by atoms with Gasteiger partial charge in [-0.3, -0.25) is 0 Å². The molecule has 0 atom stereocenters. The zero-order valence-electron chi connectivity index (χ0n) is 12.7. The van der Waals surface area contributed by atoms with Gasteiger partial charge in [-0.05, 0) is 0 Å². The van der Waals surface area contributed by atoms with Crippen molar-refractivity contribution in [3.63, 3.8) is 0 Å². The normalized spacial score (nSPS) is 9.39. The van der Waals surface area contributed by atoms with E-state index in [9.17, 15) is 0 Å². The molecule has 0 heterocycles. The maximum Gasteiger partial charge on any atom is 0 e. The van der Waals surface area contributed by atoms with E-state index >= 15 is 0 Å². The third kappa shape index (κ3) is 4.56. The van der Waals surface area contributed by atoms with E-state index in [4.69, 9.17) is 0 Å². The molecular weight excluding hydrogens is 323 g/mol. The molecule has 0 bridgehead atoms. The van der Waals surface area contributed by atoms with Crippen LogP contribution in [-0.2, 0) is 16.8 Å². The Bertz CT molecular complexity index is 694. The fraction of sp³-hybridized carbons (Fsp3) is 0. The average molecular weight is 341 g/mol. The number of hydrogen-bond acceptors (Lipinski definition) is 0. The van der Waals surface area contributed by atoms with E-state index in [1.54, 1.807) is 0 Å². The van der Waals surface area contributed by atoms with Crippen LogP contribution >= 0.6 is 0 Å². The second-order valence-corrected chi connectivity index (χ2v) is 5.05. The number of rotatable bonds is 2. The molecule has 0 saturated carbocycles. The summed E-state index contributed by atoms with van der Waals surface area (Å²) in [6, 6.07) is 37.5. The molecule has 0 N–H and O–H groups in total. The summed E-state index contributed by atoms with van der Waals surface area (Å²) < 4.78 is 0. The van der Waals surface area contributed by atoms with Crippen LogP contribution in [0.2, 0.25) is 0 Å². The van der Waals surface area contributed by atoms with Crippen molar-refractivity contribution >= 4 is 0 Å². The first-order valence-corrected chi connectivity index (χ1v) is 7.48. The van der Waals surface area contributed by atoms with E-state index in [0.717, 1.165) is 0 Å². The second kappa shape index (κ2) is 8.94. The first-order chi connectivity index (χ1) is 10.9. The Morgan fingerprint density at radius 2 is 1.22 bits per heavy atom. The number of hydrogen-bond donors (Lipinski definition) is 0. The molecule has 4 aromatic rings. The van der Waals surface area contributed by atoms with Crippen molar-refractivity contribution in [2.24, 2.45) is 0 Å². The minimum Gasteiger partial charge on any atom is -0.214 e. The molecule has 0 unspecified atom stereocenters. The molecule has 0 amide bonds. The van der Waals surface area contributed by atoms with Crippen LogP contribution in [0.4, 0.5) is 0 Å². The molecular formula is C22H18Co-2. The van der Waals surface area contributed by atoms with Gasteiger partial charge < -0.3 is 0 Å². The maximum atomic E-state index is 2.18. The van der Waals surface area contributed by atoms with Crippen LogP contribution in [-0.4, -0.2) is 0 Å². The van der Waals surface area contributed by atoms with Crippen LogP contribution in [0, 0.1) is 0 Å². The topological polar surface area (TPSA) is 0 Å². The third-order valence-electron chi connectivity index (χ3n) is 3.54. The van der Waals surface area contributed by atoms with Gasteiger partial charge >= 0.3 is 0 Å². The van der Waals surface area contributed by atoms with E-state index < -0.39 is 0 Å². The standard InChI is InChI=1S/C17H13.C5H5.Co/c1-3-8-14(9-4-1)16-12-7-13-17(16)15-10-5-2-6-11-15;1-2-4-5-3-1;/h1-13H;1-5H;/q2*-1;. The Hall–Kier alpha value is -2.35. The van der Waals surface area contributed by atoms with Crippen molar-refractivity contribution in [2.45, 2.75) is 0 Å². The van der Waals surface area contributed by atoms with E-state index in [-0.39, 0.29) is 16.8 Å². The van der Waals surface area contributed by atoms with Gasteiger partial charge in [0.1, 0.15) is 0 Å². The SMILES string of the molecule is [Co].c1cc[cH-]c1.c1ccc(-c2ccc[c-]2-c2ccccc2)cc1. The van der Waals surface area contributed by atoms with Crippen molar-refractivity contribution in [1.82, 2.24) is 0 Å². The molecule has 0 saturated heterocycles. The van der Waals surface area contributed by atoms with E-state index in [0.29, 0.717) is 0 Å². The summed E-state index contributed by atoms with van der Waals surface area (Å²) in [7, 11) is 0. The van der Waals surface area contributed by atoms with Gasteiger partial charge in [0.05, 0.1) is 0 Å². The molecule has 1 radical (unpaired) electrons.